The van der Waals surface area contributed by atoms with Gasteiger partial charge in [0.15, 0.2) is 47.7 Å². The summed E-state index contributed by atoms with van der Waals surface area (Å²) in [5, 5.41) is 69.3. The van der Waals surface area contributed by atoms with Crippen molar-refractivity contribution < 1.29 is 121 Å². The average Bonchev–Trinajstić information content (AvgIpc) is 1.59. The molecule has 0 aromatic heterocycles. The molecule has 0 radical (unpaired) electrons. The monoisotopic (exact) mass is 1390 g/mol. The number of ether oxygens (including phenoxy) is 11. The first-order valence-corrected chi connectivity index (χ1v) is 32.2. The van der Waals surface area contributed by atoms with Gasteiger partial charge in [-0.25, -0.2) is 29.0 Å². The lowest BCUT2D eigenvalue weighted by atomic mass is 10.0. The van der Waals surface area contributed by atoms with E-state index in [0.29, 0.717) is 19.3 Å². The number of terminal acetylenes is 1. The van der Waals surface area contributed by atoms with Gasteiger partial charge in [0.2, 0.25) is 12.6 Å². The molecular formula is C69H78N6O25. The fraction of sp³-hybridized carbons (Fsp3) is 0.449. The van der Waals surface area contributed by atoms with E-state index < -0.39 is 123 Å². The number of rotatable bonds is 26. The number of carbonyl (C=O) groups excluding carboxylic acids is 6. The summed E-state index contributed by atoms with van der Waals surface area (Å²) in [5.41, 5.74) is 1.73. The Balaban J connectivity index is 0.817. The number of carboxylic acids is 2. The topological polar surface area (TPSA) is 396 Å². The molecule has 31 heteroatoms. The van der Waals surface area contributed by atoms with Crippen LogP contribution in [-0.2, 0) is 46.5 Å². The van der Waals surface area contributed by atoms with E-state index in [4.69, 9.17) is 58.5 Å². The predicted octanol–water partition coefficient (Wildman–Crippen LogP) is 4.92. The number of aliphatic carboxylic acids is 2. The van der Waals surface area contributed by atoms with Crippen LogP contribution in [0.1, 0.15) is 124 Å². The van der Waals surface area contributed by atoms with Crippen molar-refractivity contribution in [1.82, 2.24) is 20.4 Å². The molecule has 6 heterocycles. The van der Waals surface area contributed by atoms with E-state index in [1.54, 1.807) is 26.2 Å². The fourth-order valence-corrected chi connectivity index (χ4v) is 12.4. The van der Waals surface area contributed by atoms with Crippen molar-refractivity contribution in [2.24, 2.45) is 0 Å². The maximum atomic E-state index is 14.5. The number of nitrogens with one attached hydrogen (secondary N) is 2. The summed E-state index contributed by atoms with van der Waals surface area (Å²) in [4.78, 5) is 113. The number of hydrogen-bond donors (Lipinski definition) is 8. The molecule has 10 rings (SSSR count). The molecule has 2 fully saturated rings. The van der Waals surface area contributed by atoms with Crippen LogP contribution in [0.15, 0.2) is 84.2 Å². The summed E-state index contributed by atoms with van der Waals surface area (Å²) in [6, 6.07) is 12.2. The van der Waals surface area contributed by atoms with E-state index in [9.17, 15) is 69.0 Å². The van der Waals surface area contributed by atoms with Crippen LogP contribution in [0.5, 0.6) is 34.5 Å². The quantitative estimate of drug-likeness (QED) is 0.0305. The zero-order chi connectivity index (χ0) is 71.6. The van der Waals surface area contributed by atoms with Crippen molar-refractivity contribution in [1.29, 1.82) is 0 Å². The molecule has 7 unspecified atom stereocenters. The molecule has 4 aromatic rings. The van der Waals surface area contributed by atoms with Crippen LogP contribution in [0.2, 0.25) is 0 Å². The minimum Gasteiger partial charge on any atom is -0.493 e. The first-order valence-electron chi connectivity index (χ1n) is 32.2. The van der Waals surface area contributed by atoms with E-state index in [2.05, 4.69) is 16.6 Å². The molecule has 0 spiro atoms. The highest BCUT2D eigenvalue weighted by Crippen LogP contribution is 2.45. The van der Waals surface area contributed by atoms with E-state index in [1.165, 1.54) is 91.8 Å². The summed E-state index contributed by atoms with van der Waals surface area (Å²) in [5.74, 6) is -2.33. The third-order valence-corrected chi connectivity index (χ3v) is 17.3. The number of benzene rings is 4. The first kappa shape index (κ1) is 72.5. The van der Waals surface area contributed by atoms with Crippen LogP contribution in [0.4, 0.5) is 21.0 Å². The Morgan fingerprint density at radius 3 is 1.42 bits per heavy atom. The van der Waals surface area contributed by atoms with Crippen LogP contribution in [-0.4, -0.2) is 204 Å². The fourth-order valence-electron chi connectivity index (χ4n) is 12.4. The average molecular weight is 1390 g/mol. The molecule has 6 aliphatic rings. The highest BCUT2D eigenvalue weighted by Gasteiger charge is 2.48. The molecular weight excluding hydrogens is 1310 g/mol. The molecule has 0 aliphatic carbocycles. The maximum absolute atomic E-state index is 14.5. The molecule has 6 amide bonds. The summed E-state index contributed by atoms with van der Waals surface area (Å²) in [6.07, 6.45) is -3.02. The second-order valence-electron chi connectivity index (χ2n) is 24.5. The van der Waals surface area contributed by atoms with Gasteiger partial charge in [0.1, 0.15) is 24.7 Å². The molecule has 6 aliphatic heterocycles. The smallest absolute Gasteiger partial charge is 0.416 e. The lowest BCUT2D eigenvalue weighted by molar-refractivity contribution is -0.195. The number of carbonyl (C=O) groups is 8. The molecule has 2 saturated heterocycles. The van der Waals surface area contributed by atoms with Gasteiger partial charge in [-0.1, -0.05) is 29.2 Å². The number of amides is 6. The van der Waals surface area contributed by atoms with Gasteiger partial charge >= 0.3 is 24.1 Å². The van der Waals surface area contributed by atoms with Crippen molar-refractivity contribution in [3.05, 3.63) is 118 Å². The van der Waals surface area contributed by atoms with Crippen molar-refractivity contribution in [2.45, 2.75) is 146 Å². The number of anilines is 2. The number of hydrogen-bond acceptors (Lipinski definition) is 23. The second-order valence-corrected chi connectivity index (χ2v) is 24.5. The molecule has 0 bridgehead atoms. The molecule has 4 aromatic carbocycles. The minimum atomic E-state index is -1.66. The summed E-state index contributed by atoms with van der Waals surface area (Å²) in [7, 11) is 4.20. The van der Waals surface area contributed by atoms with Gasteiger partial charge in [-0.15, -0.1) is 6.42 Å². The van der Waals surface area contributed by atoms with Gasteiger partial charge in [0.05, 0.1) is 98.5 Å². The lowest BCUT2D eigenvalue weighted by Crippen LogP contribution is -2.50. The normalized spacial score (nSPS) is 23.0. The highest BCUT2D eigenvalue weighted by atomic mass is 16.7. The summed E-state index contributed by atoms with van der Waals surface area (Å²) >= 11 is 0. The van der Waals surface area contributed by atoms with Crippen LogP contribution in [0, 0.1) is 12.3 Å². The Bertz CT molecular complexity index is 3890. The van der Waals surface area contributed by atoms with E-state index in [0.717, 1.165) is 20.9 Å². The number of aliphatic hydroxyl groups is 4. The molecule has 534 valence electrons. The standard InChI is InChI=1S/C69H78N6O25/c1-7-15-70-60(78)44-22-38(11-13-50(44)97-58-26-40(76)24-56(99-58)66(84)85)34-95-68(88)74-46-30-54(52(91-5)28-42(46)62(80)72-32-36(2)20-48(72)64(74)82)93-17-9-8-10-18-94-55-31-47-43(29-53(55)92-6)63(81)73-33-37(3)21-49(73)65(83)75(47)69(89)96-35-39-12-14-51(45(23-39)61(79)71-16-19-90-4)98-59-27-41(77)25-57(100-59)67(86)87/h1,11-14,22-23,28-33,40-41,48-49,56-59,64-65,76-77,82-83H,8-10,15-21,24-27,34-35H2,2-6H3,(H,70,78)(H,71,79)(H,84,85)(H,86,87)/t40?,41?,48-,49?,56?,57?,58+,59+,64?,65?/m0/s1. The Morgan fingerprint density at radius 1 is 0.570 bits per heavy atom. The van der Waals surface area contributed by atoms with Gasteiger partial charge in [0.25, 0.3) is 23.6 Å². The largest absolute Gasteiger partial charge is 0.493 e. The Hall–Kier alpha value is -10.2. The van der Waals surface area contributed by atoms with E-state index in [-0.39, 0.29) is 151 Å². The molecule has 31 nitrogen and oxygen atoms in total. The van der Waals surface area contributed by atoms with Gasteiger partial charge in [-0.2, -0.15) is 0 Å². The molecule has 8 N–H and O–H groups in total. The Labute approximate surface area is 573 Å². The van der Waals surface area contributed by atoms with Gasteiger partial charge in [-0.05, 0) is 93.5 Å². The SMILES string of the molecule is C#CCNC(=O)c1cc(COC(=O)N2c3cc(OCCCCCOc4cc5c(cc4OC)C(=O)N4C=C(C)CC4C(O)N5C(=O)OCc4ccc(O[C@H]5CC(O)CC(C(=O)O)O5)c(C(=O)NCCOC)c4)c(OC)cc3C(=O)N3C=C(C)C[C@H]3C2O)ccc1O[C@H]1CC(O)CC(C(=O)O)O1. The van der Waals surface area contributed by atoms with Crippen LogP contribution in [0.25, 0.3) is 0 Å². The van der Waals surface area contributed by atoms with Crippen LogP contribution >= 0.6 is 0 Å². The zero-order valence-electron chi connectivity index (χ0n) is 55.3. The minimum absolute atomic E-state index is 0.0243. The highest BCUT2D eigenvalue weighted by molar-refractivity contribution is 6.08. The summed E-state index contributed by atoms with van der Waals surface area (Å²) < 4.78 is 63.6. The number of carboxylic acid groups (broad SMARTS) is 2. The van der Waals surface area contributed by atoms with Crippen LogP contribution in [0.3, 0.4) is 0 Å². The molecule has 10 atom stereocenters. The predicted molar refractivity (Wildman–Crippen MR) is 347 cm³/mol. The van der Waals surface area contributed by atoms with Gasteiger partial charge in [0, 0.05) is 63.9 Å². The Kier molecular flexibility index (Phi) is 23.4. The van der Waals surface area contributed by atoms with Crippen molar-refractivity contribution in [3.8, 4) is 46.8 Å². The first-order chi connectivity index (χ1) is 48.0. The number of unbranched alkanes of at least 4 members (excludes halogenated alkanes) is 2. The number of aliphatic hydroxyl groups excluding tert-OH is 4. The maximum Gasteiger partial charge on any atom is 0.416 e. The number of fused-ring (bicyclic) bond motifs is 4. The van der Waals surface area contributed by atoms with Gasteiger partial charge in [-0.3, -0.25) is 19.2 Å². The van der Waals surface area contributed by atoms with E-state index >= 15 is 0 Å². The third kappa shape index (κ3) is 16.4. The summed E-state index contributed by atoms with van der Waals surface area (Å²) in [6.45, 7) is 2.84. The van der Waals surface area contributed by atoms with Crippen molar-refractivity contribution >= 4 is 59.1 Å². The zero-order valence-corrected chi connectivity index (χ0v) is 55.3. The molecule has 0 saturated carbocycles. The van der Waals surface area contributed by atoms with Gasteiger partial charge < -0.3 is 103 Å². The Morgan fingerprint density at radius 2 is 1.01 bits per heavy atom. The second kappa shape index (κ2) is 32.2. The molecule has 100 heavy (non-hydrogen) atoms. The third-order valence-electron chi connectivity index (χ3n) is 17.3. The number of methoxy groups -OCH3 is 3. The number of nitrogens with zero attached hydrogens (tertiary/aromatic N) is 4. The van der Waals surface area contributed by atoms with Crippen molar-refractivity contribution in [3.63, 3.8) is 0 Å². The van der Waals surface area contributed by atoms with Crippen LogP contribution < -0.4 is 48.9 Å². The lowest BCUT2D eigenvalue weighted by Gasteiger charge is -2.32. The van der Waals surface area contributed by atoms with Crippen molar-refractivity contribution in [2.75, 3.05) is 64.0 Å². The van der Waals surface area contributed by atoms with E-state index in [1.807, 2.05) is 0 Å².